The van der Waals surface area contributed by atoms with Crippen LogP contribution in [0.5, 0.6) is 0 Å². The molecule has 0 heterocycles. The Morgan fingerprint density at radius 1 is 1.31 bits per heavy atom. The summed E-state index contributed by atoms with van der Waals surface area (Å²) in [6.45, 7) is 1.95. The van der Waals surface area contributed by atoms with Gasteiger partial charge in [-0.15, -0.1) is 0 Å². The van der Waals surface area contributed by atoms with Crippen molar-refractivity contribution in [1.29, 1.82) is 0 Å². The summed E-state index contributed by atoms with van der Waals surface area (Å²) in [5.74, 6) is 0. The molecule has 13 heavy (non-hydrogen) atoms. The normalized spacial score (nSPS) is 10.1. The maximum atomic E-state index is 9.94. The number of nitrogens with zero attached hydrogens (tertiary/aromatic N) is 1. The number of carbonyl (C=O) groups is 1. The van der Waals surface area contributed by atoms with Crippen molar-refractivity contribution >= 4 is 6.29 Å². The Hall–Kier alpha value is -1.53. The largest absolute Gasteiger partial charge is 0.371 e. The SMILES string of the molecule is C/C=C\C(=C=C/C=C/C=O)N(C)C. The quantitative estimate of drug-likeness (QED) is 0.283. The lowest BCUT2D eigenvalue weighted by Gasteiger charge is -2.09. The van der Waals surface area contributed by atoms with Crippen LogP contribution in [0.2, 0.25) is 0 Å². The topological polar surface area (TPSA) is 20.3 Å². The number of hydrogen-bond acceptors (Lipinski definition) is 2. The minimum atomic E-state index is 0.739. The van der Waals surface area contributed by atoms with Crippen LogP contribution in [0.1, 0.15) is 6.92 Å². The highest BCUT2D eigenvalue weighted by Gasteiger charge is 1.88. The van der Waals surface area contributed by atoms with Crippen LogP contribution < -0.4 is 0 Å². The van der Waals surface area contributed by atoms with Gasteiger partial charge in [0.15, 0.2) is 0 Å². The molecule has 0 aliphatic heterocycles. The van der Waals surface area contributed by atoms with E-state index in [1.807, 2.05) is 38.1 Å². The molecule has 2 heteroatoms. The summed E-state index contributed by atoms with van der Waals surface area (Å²) in [6.07, 6.45) is 9.42. The van der Waals surface area contributed by atoms with Crippen molar-refractivity contribution in [3.8, 4) is 0 Å². The molecule has 0 spiro atoms. The highest BCUT2D eigenvalue weighted by molar-refractivity contribution is 5.65. The first-order valence-electron chi connectivity index (χ1n) is 4.09. The van der Waals surface area contributed by atoms with Crippen LogP contribution in [0.25, 0.3) is 0 Å². The Morgan fingerprint density at radius 3 is 2.46 bits per heavy atom. The van der Waals surface area contributed by atoms with Gasteiger partial charge < -0.3 is 4.90 Å². The van der Waals surface area contributed by atoms with Crippen LogP contribution in [0, 0.1) is 0 Å². The van der Waals surface area contributed by atoms with Crippen molar-refractivity contribution in [2.75, 3.05) is 14.1 Å². The van der Waals surface area contributed by atoms with Crippen molar-refractivity contribution in [2.24, 2.45) is 0 Å². The van der Waals surface area contributed by atoms with Crippen molar-refractivity contribution < 1.29 is 4.79 Å². The molecule has 0 aliphatic carbocycles. The fraction of sp³-hybridized carbons (Fsp3) is 0.273. The molecule has 0 fully saturated rings. The zero-order chi connectivity index (χ0) is 10.1. The summed E-state index contributed by atoms with van der Waals surface area (Å²) in [5, 5.41) is 0. The minimum absolute atomic E-state index is 0.739. The third kappa shape index (κ3) is 5.71. The van der Waals surface area contributed by atoms with Crippen molar-refractivity contribution in [3.63, 3.8) is 0 Å². The minimum Gasteiger partial charge on any atom is -0.371 e. The van der Waals surface area contributed by atoms with Crippen LogP contribution in [-0.4, -0.2) is 25.3 Å². The van der Waals surface area contributed by atoms with Crippen molar-refractivity contribution in [1.82, 2.24) is 4.90 Å². The number of rotatable bonds is 4. The van der Waals surface area contributed by atoms with Crippen LogP contribution in [0.3, 0.4) is 0 Å². The van der Waals surface area contributed by atoms with Crippen LogP contribution >= 0.6 is 0 Å². The van der Waals surface area contributed by atoms with Gasteiger partial charge in [-0.1, -0.05) is 17.9 Å². The molecule has 0 radical (unpaired) electrons. The zero-order valence-corrected chi connectivity index (χ0v) is 8.32. The maximum Gasteiger partial charge on any atom is 0.142 e. The van der Waals surface area contributed by atoms with Crippen molar-refractivity contribution in [2.45, 2.75) is 6.92 Å². The first-order valence-corrected chi connectivity index (χ1v) is 4.09. The van der Waals surface area contributed by atoms with Gasteiger partial charge in [0.05, 0.1) is 5.70 Å². The first-order chi connectivity index (χ1) is 6.22. The Morgan fingerprint density at radius 2 is 2.00 bits per heavy atom. The molecule has 0 aromatic rings. The van der Waals surface area contributed by atoms with E-state index in [-0.39, 0.29) is 0 Å². The summed E-state index contributed by atoms with van der Waals surface area (Å²) < 4.78 is 0. The van der Waals surface area contributed by atoms with E-state index >= 15 is 0 Å². The average molecular weight is 177 g/mol. The molecule has 0 N–H and O–H groups in total. The lowest BCUT2D eigenvalue weighted by molar-refractivity contribution is -0.104. The molecule has 0 aromatic carbocycles. The van der Waals surface area contributed by atoms with E-state index in [0.29, 0.717) is 0 Å². The Kier molecular flexibility index (Phi) is 6.30. The Balaban J connectivity index is 4.61. The van der Waals surface area contributed by atoms with E-state index in [4.69, 9.17) is 0 Å². The Labute approximate surface area is 79.6 Å². The molecule has 2 nitrogen and oxygen atoms in total. The number of carbonyl (C=O) groups excluding carboxylic acids is 1. The predicted octanol–water partition coefficient (Wildman–Crippen LogP) is 1.92. The number of hydrogen-bond donors (Lipinski definition) is 0. The molecule has 0 saturated heterocycles. The number of likely N-dealkylation sites (N-methyl/N-ethyl adjacent to an activating group) is 1. The molecule has 0 rings (SSSR count). The second kappa shape index (κ2) is 7.14. The average Bonchev–Trinajstić information content (AvgIpc) is 2.10. The van der Waals surface area contributed by atoms with E-state index in [2.05, 4.69) is 5.73 Å². The van der Waals surface area contributed by atoms with Crippen molar-refractivity contribution in [3.05, 3.63) is 41.8 Å². The maximum absolute atomic E-state index is 9.94. The van der Waals surface area contributed by atoms with E-state index in [1.54, 1.807) is 12.2 Å². The monoisotopic (exact) mass is 177 g/mol. The molecular weight excluding hydrogens is 162 g/mol. The summed E-state index contributed by atoms with van der Waals surface area (Å²) >= 11 is 0. The molecule has 0 amide bonds. The van der Waals surface area contributed by atoms with Gasteiger partial charge in [-0.25, -0.2) is 0 Å². The fourth-order valence-electron chi connectivity index (χ4n) is 0.719. The molecular formula is C11H15NO. The second-order valence-corrected chi connectivity index (χ2v) is 2.61. The zero-order valence-electron chi connectivity index (χ0n) is 8.32. The van der Waals surface area contributed by atoms with E-state index in [9.17, 15) is 4.79 Å². The molecule has 0 aromatic heterocycles. The van der Waals surface area contributed by atoms with Gasteiger partial charge in [-0.05, 0) is 25.2 Å². The molecule has 0 unspecified atom stereocenters. The smallest absolute Gasteiger partial charge is 0.142 e. The number of allylic oxidation sites excluding steroid dienone is 4. The standard InChI is InChI=1S/C11H15NO/c1-4-8-11(12(2)3)9-6-5-7-10-13/h4-8,10H,1-3H3/b7-5+,8-4-. The lowest BCUT2D eigenvalue weighted by Crippen LogP contribution is -2.07. The number of aldehydes is 1. The van der Waals surface area contributed by atoms with E-state index < -0.39 is 0 Å². The van der Waals surface area contributed by atoms with Gasteiger partial charge in [0.25, 0.3) is 0 Å². The fourth-order valence-corrected chi connectivity index (χ4v) is 0.719. The van der Waals surface area contributed by atoms with Gasteiger partial charge >= 0.3 is 0 Å². The summed E-state index contributed by atoms with van der Waals surface area (Å²) in [6, 6.07) is 0. The van der Waals surface area contributed by atoms with Gasteiger partial charge in [0, 0.05) is 14.1 Å². The highest BCUT2D eigenvalue weighted by atomic mass is 16.1. The molecule has 0 bridgehead atoms. The van der Waals surface area contributed by atoms with Gasteiger partial charge in [-0.2, -0.15) is 0 Å². The van der Waals surface area contributed by atoms with Crippen LogP contribution in [0.15, 0.2) is 41.8 Å². The summed E-state index contributed by atoms with van der Waals surface area (Å²) in [4.78, 5) is 11.9. The Bertz CT molecular complexity index is 266. The van der Waals surface area contributed by atoms with Gasteiger partial charge in [0.1, 0.15) is 6.29 Å². The molecule has 70 valence electrons. The highest BCUT2D eigenvalue weighted by Crippen LogP contribution is 1.97. The first kappa shape index (κ1) is 11.5. The molecule has 0 aliphatic rings. The third-order valence-electron chi connectivity index (χ3n) is 1.32. The third-order valence-corrected chi connectivity index (χ3v) is 1.32. The van der Waals surface area contributed by atoms with E-state index in [1.165, 1.54) is 6.08 Å². The summed E-state index contributed by atoms with van der Waals surface area (Å²) in [7, 11) is 3.89. The molecule has 0 saturated carbocycles. The van der Waals surface area contributed by atoms with Crippen LogP contribution in [-0.2, 0) is 4.79 Å². The van der Waals surface area contributed by atoms with Gasteiger partial charge in [-0.3, -0.25) is 4.79 Å². The van der Waals surface area contributed by atoms with Gasteiger partial charge in [0.2, 0.25) is 0 Å². The van der Waals surface area contributed by atoms with E-state index in [0.717, 1.165) is 12.0 Å². The second-order valence-electron chi connectivity index (χ2n) is 2.61. The lowest BCUT2D eigenvalue weighted by atomic mass is 10.3. The van der Waals surface area contributed by atoms with Crippen LogP contribution in [0.4, 0.5) is 0 Å². The predicted molar refractivity (Wildman–Crippen MR) is 55.3 cm³/mol. The summed E-state index contributed by atoms with van der Waals surface area (Å²) in [5.41, 5.74) is 4.01. The molecule has 0 atom stereocenters.